The molecular formula is C10H22N2O3. The van der Waals surface area contributed by atoms with E-state index in [-0.39, 0.29) is 5.60 Å². The summed E-state index contributed by atoms with van der Waals surface area (Å²) >= 11 is 0. The molecule has 0 saturated heterocycles. The van der Waals surface area contributed by atoms with Crippen molar-refractivity contribution in [2.45, 2.75) is 31.9 Å². The Morgan fingerprint density at radius 1 is 1.53 bits per heavy atom. The maximum atomic E-state index is 10.8. The van der Waals surface area contributed by atoms with Crippen LogP contribution in [0.1, 0.15) is 20.3 Å². The van der Waals surface area contributed by atoms with Gasteiger partial charge in [-0.3, -0.25) is 4.79 Å². The van der Waals surface area contributed by atoms with E-state index < -0.39 is 11.9 Å². The monoisotopic (exact) mass is 218 g/mol. The summed E-state index contributed by atoms with van der Waals surface area (Å²) < 4.78 is 10.6. The molecule has 15 heavy (non-hydrogen) atoms. The van der Waals surface area contributed by atoms with Gasteiger partial charge in [-0.25, -0.2) is 0 Å². The fourth-order valence-corrected chi connectivity index (χ4v) is 0.929. The van der Waals surface area contributed by atoms with Gasteiger partial charge in [0.05, 0.1) is 12.2 Å². The van der Waals surface area contributed by atoms with Gasteiger partial charge in [0, 0.05) is 13.7 Å². The van der Waals surface area contributed by atoms with Gasteiger partial charge in [0.1, 0.15) is 6.04 Å². The molecule has 0 aromatic carbocycles. The minimum Gasteiger partial charge on any atom is -0.379 e. The summed E-state index contributed by atoms with van der Waals surface area (Å²) in [6.07, 6.45) is 0.776. The second kappa shape index (κ2) is 6.76. The lowest BCUT2D eigenvalue weighted by molar-refractivity contribution is -0.121. The zero-order chi connectivity index (χ0) is 11.9. The summed E-state index contributed by atoms with van der Waals surface area (Å²) in [4.78, 5) is 10.8. The largest absolute Gasteiger partial charge is 0.379 e. The van der Waals surface area contributed by atoms with Crippen molar-refractivity contribution < 1.29 is 14.3 Å². The molecule has 0 aromatic rings. The normalized spacial score (nSPS) is 13.9. The molecule has 0 heterocycles. The van der Waals surface area contributed by atoms with E-state index in [1.807, 2.05) is 13.8 Å². The first-order valence-electron chi connectivity index (χ1n) is 5.02. The molecule has 0 saturated carbocycles. The molecule has 0 fully saturated rings. The van der Waals surface area contributed by atoms with Crippen LogP contribution in [-0.2, 0) is 14.3 Å². The van der Waals surface area contributed by atoms with E-state index in [1.165, 1.54) is 0 Å². The van der Waals surface area contributed by atoms with Crippen LogP contribution in [0.5, 0.6) is 0 Å². The molecule has 1 amide bonds. The average Bonchev–Trinajstić information content (AvgIpc) is 2.17. The third-order valence-electron chi connectivity index (χ3n) is 2.38. The summed E-state index contributed by atoms with van der Waals surface area (Å²) in [6.45, 7) is 4.82. The predicted octanol–water partition coefficient (Wildman–Crippen LogP) is -0.109. The summed E-state index contributed by atoms with van der Waals surface area (Å²) in [5, 5.41) is 2.78. The number of hydrogen-bond donors (Lipinski definition) is 2. The molecule has 0 spiro atoms. The number of amides is 1. The molecule has 0 rings (SSSR count). The van der Waals surface area contributed by atoms with Crippen molar-refractivity contribution in [1.82, 2.24) is 5.32 Å². The number of methoxy groups -OCH3 is 1. The molecule has 0 aliphatic rings. The van der Waals surface area contributed by atoms with Crippen molar-refractivity contribution >= 4 is 5.91 Å². The predicted molar refractivity (Wildman–Crippen MR) is 58.6 cm³/mol. The van der Waals surface area contributed by atoms with Crippen molar-refractivity contribution in [3.05, 3.63) is 0 Å². The Morgan fingerprint density at radius 2 is 2.13 bits per heavy atom. The zero-order valence-corrected chi connectivity index (χ0v) is 10.0. The van der Waals surface area contributed by atoms with Gasteiger partial charge in [-0.05, 0) is 27.3 Å². The SMILES string of the molecule is CNC(COCCC(C)(C)OC)C(N)=O. The molecule has 0 aliphatic carbocycles. The minimum absolute atomic E-state index is 0.193. The standard InChI is InChI=1S/C10H22N2O3/c1-10(2,14-4)5-6-15-7-8(12-3)9(11)13/h8,12H,5-7H2,1-4H3,(H2,11,13). The van der Waals surface area contributed by atoms with Crippen molar-refractivity contribution in [2.75, 3.05) is 27.4 Å². The van der Waals surface area contributed by atoms with E-state index >= 15 is 0 Å². The van der Waals surface area contributed by atoms with Gasteiger partial charge >= 0.3 is 0 Å². The van der Waals surface area contributed by atoms with Gasteiger partial charge in [0.25, 0.3) is 0 Å². The number of carbonyl (C=O) groups is 1. The first-order valence-corrected chi connectivity index (χ1v) is 5.02. The maximum Gasteiger partial charge on any atom is 0.236 e. The van der Waals surface area contributed by atoms with Crippen molar-refractivity contribution in [1.29, 1.82) is 0 Å². The van der Waals surface area contributed by atoms with Gasteiger partial charge in [0.15, 0.2) is 0 Å². The Hall–Kier alpha value is -0.650. The van der Waals surface area contributed by atoms with Gasteiger partial charge in [-0.15, -0.1) is 0 Å². The third kappa shape index (κ3) is 6.43. The van der Waals surface area contributed by atoms with Crippen LogP contribution < -0.4 is 11.1 Å². The molecule has 0 radical (unpaired) electrons. The molecular weight excluding hydrogens is 196 g/mol. The molecule has 0 aromatic heterocycles. The van der Waals surface area contributed by atoms with Gasteiger partial charge < -0.3 is 20.5 Å². The molecule has 0 bridgehead atoms. The summed E-state index contributed by atoms with van der Waals surface area (Å²) in [7, 11) is 3.34. The average molecular weight is 218 g/mol. The van der Waals surface area contributed by atoms with E-state index in [4.69, 9.17) is 15.2 Å². The van der Waals surface area contributed by atoms with Crippen LogP contribution in [0.3, 0.4) is 0 Å². The van der Waals surface area contributed by atoms with Crippen LogP contribution in [0.4, 0.5) is 0 Å². The van der Waals surface area contributed by atoms with E-state index in [1.54, 1.807) is 14.2 Å². The van der Waals surface area contributed by atoms with Gasteiger partial charge in [-0.1, -0.05) is 0 Å². The molecule has 5 heteroatoms. The van der Waals surface area contributed by atoms with E-state index in [0.29, 0.717) is 13.2 Å². The highest BCUT2D eigenvalue weighted by Crippen LogP contribution is 2.12. The van der Waals surface area contributed by atoms with Crippen LogP contribution in [0, 0.1) is 0 Å². The number of carbonyl (C=O) groups excluding carboxylic acids is 1. The molecule has 90 valence electrons. The Balaban J connectivity index is 3.66. The Kier molecular flexibility index (Phi) is 6.47. The fraction of sp³-hybridized carbons (Fsp3) is 0.900. The second-order valence-electron chi connectivity index (χ2n) is 4.03. The smallest absolute Gasteiger partial charge is 0.236 e. The number of likely N-dealkylation sites (N-methyl/N-ethyl adjacent to an activating group) is 1. The highest BCUT2D eigenvalue weighted by atomic mass is 16.5. The van der Waals surface area contributed by atoms with Gasteiger partial charge in [0.2, 0.25) is 5.91 Å². The number of primary amides is 1. The fourth-order valence-electron chi connectivity index (χ4n) is 0.929. The molecule has 5 nitrogen and oxygen atoms in total. The molecule has 1 unspecified atom stereocenters. The van der Waals surface area contributed by atoms with Gasteiger partial charge in [-0.2, -0.15) is 0 Å². The minimum atomic E-state index is -0.421. The van der Waals surface area contributed by atoms with Crippen LogP contribution in [0.2, 0.25) is 0 Å². The number of ether oxygens (including phenoxy) is 2. The quantitative estimate of drug-likeness (QED) is 0.558. The Morgan fingerprint density at radius 3 is 2.53 bits per heavy atom. The molecule has 1 atom stereocenters. The first kappa shape index (κ1) is 14.3. The van der Waals surface area contributed by atoms with Crippen LogP contribution in [0.15, 0.2) is 0 Å². The Labute approximate surface area is 91.3 Å². The summed E-state index contributed by atoms with van der Waals surface area (Å²) in [6, 6.07) is -0.421. The zero-order valence-electron chi connectivity index (χ0n) is 10.0. The lowest BCUT2D eigenvalue weighted by Gasteiger charge is -2.23. The van der Waals surface area contributed by atoms with E-state index in [9.17, 15) is 4.79 Å². The molecule has 0 aliphatic heterocycles. The number of nitrogens with two attached hydrogens (primary N) is 1. The van der Waals surface area contributed by atoms with Crippen molar-refractivity contribution in [2.24, 2.45) is 5.73 Å². The maximum absolute atomic E-state index is 10.8. The second-order valence-corrected chi connectivity index (χ2v) is 4.03. The summed E-state index contributed by atoms with van der Waals surface area (Å²) in [5.74, 6) is -0.400. The number of rotatable bonds is 8. The van der Waals surface area contributed by atoms with Crippen LogP contribution in [0.25, 0.3) is 0 Å². The number of nitrogens with one attached hydrogen (secondary N) is 1. The van der Waals surface area contributed by atoms with Crippen molar-refractivity contribution in [3.8, 4) is 0 Å². The first-order chi connectivity index (χ1) is 6.93. The topological polar surface area (TPSA) is 73.6 Å². The highest BCUT2D eigenvalue weighted by molar-refractivity contribution is 5.79. The van der Waals surface area contributed by atoms with E-state index in [0.717, 1.165) is 6.42 Å². The lowest BCUT2D eigenvalue weighted by atomic mass is 10.1. The summed E-state index contributed by atoms with van der Waals surface area (Å²) in [5.41, 5.74) is 4.94. The van der Waals surface area contributed by atoms with Crippen LogP contribution in [-0.4, -0.2) is 44.9 Å². The Bertz CT molecular complexity index is 195. The van der Waals surface area contributed by atoms with E-state index in [2.05, 4.69) is 5.32 Å². The molecule has 3 N–H and O–H groups in total. The number of hydrogen-bond acceptors (Lipinski definition) is 4. The third-order valence-corrected chi connectivity index (χ3v) is 2.38. The highest BCUT2D eigenvalue weighted by Gasteiger charge is 2.17. The van der Waals surface area contributed by atoms with Crippen LogP contribution >= 0.6 is 0 Å². The lowest BCUT2D eigenvalue weighted by Crippen LogP contribution is -2.43. The van der Waals surface area contributed by atoms with Crippen molar-refractivity contribution in [3.63, 3.8) is 0 Å².